The molecule has 8 nitrogen and oxygen atoms in total. The molecule has 8 heteroatoms. The van der Waals surface area contributed by atoms with Gasteiger partial charge < -0.3 is 24.5 Å². The Hall–Kier alpha value is -2.51. The highest BCUT2D eigenvalue weighted by molar-refractivity contribution is 5.90. The number of nitrogens with zero attached hydrogens (tertiary/aromatic N) is 1. The van der Waals surface area contributed by atoms with Gasteiger partial charge in [0.25, 0.3) is 0 Å². The third kappa shape index (κ3) is 4.02. The number of esters is 1. The lowest BCUT2D eigenvalue weighted by atomic mass is 9.99. The van der Waals surface area contributed by atoms with Crippen molar-refractivity contribution in [3.05, 3.63) is 23.2 Å². The molecular weight excluding hydrogens is 304 g/mol. The topological polar surface area (TPSA) is 109 Å². The Bertz CT molecular complexity index is 609. The zero-order valence-corrected chi connectivity index (χ0v) is 13.1. The fourth-order valence-corrected chi connectivity index (χ4v) is 2.58. The second-order valence-electron chi connectivity index (χ2n) is 5.46. The minimum absolute atomic E-state index is 0.116. The number of hydrogen-bond acceptors (Lipinski definition) is 5. The van der Waals surface area contributed by atoms with Crippen LogP contribution >= 0.6 is 0 Å². The van der Waals surface area contributed by atoms with E-state index in [9.17, 15) is 14.4 Å². The summed E-state index contributed by atoms with van der Waals surface area (Å²) in [6.45, 7) is 2.48. The van der Waals surface area contributed by atoms with Gasteiger partial charge in [-0.05, 0) is 25.8 Å². The number of ether oxygens (including phenoxy) is 1. The van der Waals surface area contributed by atoms with E-state index in [-0.39, 0.29) is 19.1 Å². The van der Waals surface area contributed by atoms with Crippen LogP contribution in [-0.2, 0) is 16.1 Å². The average molecular weight is 324 g/mol. The molecule has 1 saturated heterocycles. The number of furan rings is 1. The average Bonchev–Trinajstić information content (AvgIpc) is 2.92. The summed E-state index contributed by atoms with van der Waals surface area (Å²) in [6.07, 6.45) is 1.25. The number of aliphatic carboxylic acids is 1. The Morgan fingerprint density at radius 2 is 2.22 bits per heavy atom. The lowest BCUT2D eigenvalue weighted by molar-refractivity contribution is -0.143. The van der Waals surface area contributed by atoms with Crippen molar-refractivity contribution in [3.8, 4) is 0 Å². The molecule has 0 spiro atoms. The molecule has 1 fully saturated rings. The second kappa shape index (κ2) is 7.17. The van der Waals surface area contributed by atoms with Gasteiger partial charge in [-0.15, -0.1) is 0 Å². The molecule has 0 aromatic carbocycles. The highest BCUT2D eigenvalue weighted by atomic mass is 16.5. The van der Waals surface area contributed by atoms with E-state index in [1.165, 1.54) is 18.1 Å². The van der Waals surface area contributed by atoms with Crippen LogP contribution in [0.1, 0.15) is 34.7 Å². The molecule has 23 heavy (non-hydrogen) atoms. The van der Waals surface area contributed by atoms with E-state index in [4.69, 9.17) is 9.52 Å². The number of rotatable bonds is 4. The molecule has 0 bridgehead atoms. The maximum atomic E-state index is 12.1. The van der Waals surface area contributed by atoms with E-state index in [2.05, 4.69) is 10.1 Å². The second-order valence-corrected chi connectivity index (χ2v) is 5.46. The Kier molecular flexibility index (Phi) is 5.25. The number of likely N-dealkylation sites (tertiary alicyclic amines) is 1. The molecule has 126 valence electrons. The Morgan fingerprint density at radius 3 is 2.87 bits per heavy atom. The summed E-state index contributed by atoms with van der Waals surface area (Å²) < 4.78 is 10.0. The first-order valence-electron chi connectivity index (χ1n) is 7.35. The van der Waals surface area contributed by atoms with E-state index in [1.54, 1.807) is 6.92 Å². The monoisotopic (exact) mass is 324 g/mol. The van der Waals surface area contributed by atoms with Gasteiger partial charge in [0.15, 0.2) is 0 Å². The molecule has 0 radical (unpaired) electrons. The molecule has 1 aliphatic rings. The van der Waals surface area contributed by atoms with E-state index in [0.29, 0.717) is 36.5 Å². The first-order valence-corrected chi connectivity index (χ1v) is 7.35. The third-order valence-electron chi connectivity index (χ3n) is 3.85. The number of piperidine rings is 1. The molecule has 1 atom stereocenters. The predicted molar refractivity (Wildman–Crippen MR) is 79.0 cm³/mol. The maximum absolute atomic E-state index is 12.1. The summed E-state index contributed by atoms with van der Waals surface area (Å²) in [7, 11) is 1.28. The number of carbonyl (C=O) groups excluding carboxylic acids is 2. The summed E-state index contributed by atoms with van der Waals surface area (Å²) in [4.78, 5) is 36.1. The van der Waals surface area contributed by atoms with Crippen LogP contribution in [0.25, 0.3) is 0 Å². The first-order chi connectivity index (χ1) is 10.9. The van der Waals surface area contributed by atoms with Crippen LogP contribution in [-0.4, -0.2) is 48.2 Å². The quantitative estimate of drug-likeness (QED) is 0.810. The van der Waals surface area contributed by atoms with Crippen molar-refractivity contribution in [2.45, 2.75) is 26.3 Å². The number of carboxylic acids is 1. The number of carboxylic acid groups (broad SMARTS) is 1. The van der Waals surface area contributed by atoms with Crippen LogP contribution in [0.4, 0.5) is 4.79 Å². The molecular formula is C15H20N2O6. The van der Waals surface area contributed by atoms with E-state index in [0.717, 1.165) is 0 Å². The summed E-state index contributed by atoms with van der Waals surface area (Å²) in [5, 5.41) is 11.7. The van der Waals surface area contributed by atoms with Crippen molar-refractivity contribution in [2.75, 3.05) is 20.2 Å². The van der Waals surface area contributed by atoms with Gasteiger partial charge in [-0.25, -0.2) is 9.59 Å². The molecule has 0 aliphatic carbocycles. The summed E-state index contributed by atoms with van der Waals surface area (Å²) in [6, 6.07) is 1.18. The van der Waals surface area contributed by atoms with Crippen LogP contribution in [0, 0.1) is 12.8 Å². The Morgan fingerprint density at radius 1 is 1.48 bits per heavy atom. The van der Waals surface area contributed by atoms with Gasteiger partial charge >= 0.3 is 18.0 Å². The maximum Gasteiger partial charge on any atom is 0.341 e. The minimum Gasteiger partial charge on any atom is -0.481 e. The summed E-state index contributed by atoms with van der Waals surface area (Å²) in [5.74, 6) is -1.05. The normalized spacial score (nSPS) is 17.7. The Balaban J connectivity index is 1.91. The minimum atomic E-state index is -0.883. The van der Waals surface area contributed by atoms with E-state index >= 15 is 0 Å². The van der Waals surface area contributed by atoms with Gasteiger partial charge in [-0.1, -0.05) is 0 Å². The van der Waals surface area contributed by atoms with Crippen LogP contribution in [0.2, 0.25) is 0 Å². The van der Waals surface area contributed by atoms with Gasteiger partial charge in [-0.2, -0.15) is 0 Å². The van der Waals surface area contributed by atoms with Crippen LogP contribution < -0.4 is 5.32 Å². The van der Waals surface area contributed by atoms with Crippen molar-refractivity contribution >= 4 is 18.0 Å². The molecule has 1 unspecified atom stereocenters. The molecule has 1 aliphatic heterocycles. The van der Waals surface area contributed by atoms with Gasteiger partial charge in [-0.3, -0.25) is 4.79 Å². The zero-order valence-electron chi connectivity index (χ0n) is 13.1. The number of methoxy groups -OCH3 is 1. The molecule has 1 aromatic rings. The number of nitrogens with one attached hydrogen (secondary N) is 1. The smallest absolute Gasteiger partial charge is 0.341 e. The fourth-order valence-electron chi connectivity index (χ4n) is 2.58. The number of aryl methyl sites for hydroxylation is 1. The van der Waals surface area contributed by atoms with Gasteiger partial charge in [0, 0.05) is 13.1 Å². The first kappa shape index (κ1) is 16.9. The summed E-state index contributed by atoms with van der Waals surface area (Å²) in [5.41, 5.74) is 0.320. The van der Waals surface area contributed by atoms with Crippen molar-refractivity contribution in [2.24, 2.45) is 5.92 Å². The van der Waals surface area contributed by atoms with Crippen molar-refractivity contribution in [1.29, 1.82) is 0 Å². The lowest BCUT2D eigenvalue weighted by Gasteiger charge is -2.30. The van der Waals surface area contributed by atoms with E-state index in [1.807, 2.05) is 0 Å². The number of urea groups is 1. The molecule has 0 saturated carbocycles. The molecule has 2 N–H and O–H groups in total. The summed E-state index contributed by atoms with van der Waals surface area (Å²) >= 11 is 0. The van der Waals surface area contributed by atoms with E-state index < -0.39 is 17.9 Å². The lowest BCUT2D eigenvalue weighted by Crippen LogP contribution is -2.46. The van der Waals surface area contributed by atoms with Crippen LogP contribution in [0.3, 0.4) is 0 Å². The molecule has 1 aromatic heterocycles. The van der Waals surface area contributed by atoms with Gasteiger partial charge in [0.1, 0.15) is 17.1 Å². The highest BCUT2D eigenvalue weighted by Gasteiger charge is 2.28. The fraction of sp³-hybridized carbons (Fsp3) is 0.533. The van der Waals surface area contributed by atoms with Crippen molar-refractivity contribution < 1.29 is 28.6 Å². The molecule has 2 rings (SSSR count). The third-order valence-corrected chi connectivity index (χ3v) is 3.85. The van der Waals surface area contributed by atoms with Crippen LogP contribution in [0.5, 0.6) is 0 Å². The molecule has 2 amide bonds. The number of amides is 2. The van der Waals surface area contributed by atoms with Crippen molar-refractivity contribution in [3.63, 3.8) is 0 Å². The standard InChI is InChI=1S/C15H20N2O6/c1-9-12(14(20)22-2)6-11(23-9)7-16-15(21)17-5-3-4-10(8-17)13(18)19/h6,10H,3-5,7-8H2,1-2H3,(H,16,21)(H,18,19). The predicted octanol–water partition coefficient (Wildman–Crippen LogP) is 1.38. The number of hydrogen-bond donors (Lipinski definition) is 2. The zero-order chi connectivity index (χ0) is 17.0. The SMILES string of the molecule is COC(=O)c1cc(CNC(=O)N2CCCC(C(=O)O)C2)oc1C. The van der Waals surface area contributed by atoms with Gasteiger partial charge in [0.2, 0.25) is 0 Å². The number of carbonyl (C=O) groups is 3. The Labute approximate surface area is 133 Å². The molecule has 2 heterocycles. The van der Waals surface area contributed by atoms with Gasteiger partial charge in [0.05, 0.1) is 19.6 Å². The highest BCUT2D eigenvalue weighted by Crippen LogP contribution is 2.18. The van der Waals surface area contributed by atoms with Crippen molar-refractivity contribution in [1.82, 2.24) is 10.2 Å². The largest absolute Gasteiger partial charge is 0.481 e. The van der Waals surface area contributed by atoms with Crippen LogP contribution in [0.15, 0.2) is 10.5 Å².